The highest BCUT2D eigenvalue weighted by Crippen LogP contribution is 2.60. The SMILES string of the molecule is CC/C=C/C/C=C/C=C/C(O)CCCCCCCC(=O)OC[C@H](COP(=O)(O)OP(=O)(O)OC[C@H]1O[C@@H](n2ccc(N)nc2=O)[C@H](O)[C@@H]1O)OC(=O)CCCCCCCCCCCCC(C)C. The van der Waals surface area contributed by atoms with E-state index in [0.717, 1.165) is 80.9 Å². The summed E-state index contributed by atoms with van der Waals surface area (Å²) in [4.78, 5) is 61.8. The summed E-state index contributed by atoms with van der Waals surface area (Å²) >= 11 is 0. The van der Waals surface area contributed by atoms with Crippen LogP contribution >= 0.6 is 15.6 Å². The highest BCUT2D eigenvalue weighted by Gasteiger charge is 2.46. The summed E-state index contributed by atoms with van der Waals surface area (Å²) in [6, 6.07) is 1.24. The minimum Gasteiger partial charge on any atom is -0.462 e. The molecule has 1 saturated heterocycles. The van der Waals surface area contributed by atoms with Gasteiger partial charge in [0.15, 0.2) is 12.3 Å². The monoisotopic (exact) mass is 991 g/mol. The lowest BCUT2D eigenvalue weighted by Gasteiger charge is -2.21. The molecule has 0 radical (unpaired) electrons. The third-order valence-electron chi connectivity index (χ3n) is 10.8. The molecular formula is C46H79N3O16P2. The Kier molecular flexibility index (Phi) is 30.7. The third-order valence-corrected chi connectivity index (χ3v) is 13.4. The Morgan fingerprint density at radius 3 is 2.00 bits per heavy atom. The summed E-state index contributed by atoms with van der Waals surface area (Å²) < 4.78 is 56.6. The fraction of sp³-hybridized carbons (Fsp3) is 0.739. The molecule has 0 aliphatic carbocycles. The quantitative estimate of drug-likeness (QED) is 0.0120. The fourth-order valence-corrected chi connectivity index (χ4v) is 9.14. The van der Waals surface area contributed by atoms with Gasteiger partial charge in [0.25, 0.3) is 0 Å². The zero-order chi connectivity index (χ0) is 49.5. The van der Waals surface area contributed by atoms with Gasteiger partial charge in [0.05, 0.1) is 19.3 Å². The second-order valence-electron chi connectivity index (χ2n) is 17.3. The first kappa shape index (κ1) is 60.1. The largest absolute Gasteiger partial charge is 0.481 e. The second kappa shape index (κ2) is 34.3. The number of unbranched alkanes of at least 4 members (excludes halogenated alkanes) is 13. The number of carbonyl (C=O) groups excluding carboxylic acids is 2. The lowest BCUT2D eigenvalue weighted by molar-refractivity contribution is -0.161. The number of esters is 2. The fourth-order valence-electron chi connectivity index (χ4n) is 7.03. The van der Waals surface area contributed by atoms with Crippen LogP contribution in [0.4, 0.5) is 5.82 Å². The van der Waals surface area contributed by atoms with E-state index in [2.05, 4.69) is 42.2 Å². The van der Waals surface area contributed by atoms with Crippen molar-refractivity contribution >= 4 is 33.4 Å². The van der Waals surface area contributed by atoms with E-state index in [-0.39, 0.29) is 18.7 Å². The zero-order valence-electron chi connectivity index (χ0n) is 39.7. The van der Waals surface area contributed by atoms with E-state index in [4.69, 9.17) is 29.0 Å². The van der Waals surface area contributed by atoms with E-state index in [1.165, 1.54) is 44.6 Å². The predicted octanol–water partition coefficient (Wildman–Crippen LogP) is 8.05. The third kappa shape index (κ3) is 28.3. The summed E-state index contributed by atoms with van der Waals surface area (Å²) in [6.45, 7) is 4.19. The van der Waals surface area contributed by atoms with Crippen molar-refractivity contribution in [3.8, 4) is 0 Å². The van der Waals surface area contributed by atoms with Crippen molar-refractivity contribution in [2.75, 3.05) is 25.6 Å². The molecule has 0 bridgehead atoms. The first-order valence-electron chi connectivity index (χ1n) is 24.0. The minimum atomic E-state index is -5.44. The standard InChI is InChI=1S/C46H79N3O16P2/c1-4-5-6-7-12-17-22-27-37(50)28-23-18-15-20-24-29-41(51)60-33-38(63-42(52)30-25-19-14-11-9-8-10-13-16-21-26-36(2)3)34-61-66(56,57)65-67(58,59)62-35-39-43(53)44(54)45(64-39)49-32-31-40(47)48-46(49)55/h5-6,12,17,22,27,31-32,36-39,43-45,50,53-54H,4,7-11,13-16,18-21,23-26,28-30,33-35H2,1-3H3,(H,56,57)(H,58,59)(H2,47,48,55)/b6-5+,17-12+,27-22+/t37?,38-,39-,43-,44-,45-/m1/s1. The van der Waals surface area contributed by atoms with Gasteiger partial charge >= 0.3 is 33.3 Å². The molecule has 19 nitrogen and oxygen atoms in total. The van der Waals surface area contributed by atoms with Gasteiger partial charge < -0.3 is 45.1 Å². The van der Waals surface area contributed by atoms with Crippen molar-refractivity contribution < 1.29 is 71.4 Å². The number of hydrogen-bond acceptors (Lipinski definition) is 16. The first-order valence-corrected chi connectivity index (χ1v) is 27.0. The van der Waals surface area contributed by atoms with E-state index in [0.29, 0.717) is 19.3 Å². The Bertz CT molecular complexity index is 1790. The molecule has 0 spiro atoms. The van der Waals surface area contributed by atoms with Gasteiger partial charge in [-0.15, -0.1) is 0 Å². The molecule has 21 heteroatoms. The zero-order valence-corrected chi connectivity index (χ0v) is 41.5. The normalized spacial score (nSPS) is 20.4. The highest BCUT2D eigenvalue weighted by molar-refractivity contribution is 7.61. The number of anilines is 1. The Hall–Kier alpha value is -3.06. The number of nitrogen functional groups attached to an aromatic ring is 1. The smallest absolute Gasteiger partial charge is 0.462 e. The van der Waals surface area contributed by atoms with E-state index >= 15 is 0 Å². The molecule has 1 aliphatic rings. The van der Waals surface area contributed by atoms with Crippen molar-refractivity contribution in [2.24, 2.45) is 5.92 Å². The summed E-state index contributed by atoms with van der Waals surface area (Å²) in [5, 5.41) is 31.1. The van der Waals surface area contributed by atoms with Crippen LogP contribution in [0.3, 0.4) is 0 Å². The van der Waals surface area contributed by atoms with E-state index < -0.39 is 89.8 Å². The van der Waals surface area contributed by atoms with Crippen LogP contribution in [-0.2, 0) is 46.3 Å². The van der Waals surface area contributed by atoms with Crippen LogP contribution in [0, 0.1) is 5.92 Å². The molecule has 1 aromatic heterocycles. The number of nitrogens with zero attached hydrogens (tertiary/aromatic N) is 2. The van der Waals surface area contributed by atoms with Crippen LogP contribution < -0.4 is 11.4 Å². The number of aliphatic hydroxyl groups is 3. The van der Waals surface area contributed by atoms with E-state index in [1.54, 1.807) is 6.08 Å². The van der Waals surface area contributed by atoms with Gasteiger partial charge in [0.2, 0.25) is 0 Å². The van der Waals surface area contributed by atoms with Gasteiger partial charge in [-0.1, -0.05) is 147 Å². The molecule has 1 aliphatic heterocycles. The minimum absolute atomic E-state index is 0.0304. The molecule has 0 saturated carbocycles. The molecule has 2 rings (SSSR count). The number of phosphoric ester groups is 2. The number of phosphoric acid groups is 2. The van der Waals surface area contributed by atoms with Crippen molar-refractivity contribution in [3.63, 3.8) is 0 Å². The molecule has 0 aromatic carbocycles. The van der Waals surface area contributed by atoms with Crippen LogP contribution in [0.5, 0.6) is 0 Å². The molecule has 3 unspecified atom stereocenters. The Balaban J connectivity index is 1.84. The van der Waals surface area contributed by atoms with Crippen molar-refractivity contribution in [1.29, 1.82) is 0 Å². The Morgan fingerprint density at radius 1 is 0.806 bits per heavy atom. The Labute approximate surface area is 396 Å². The maximum atomic E-state index is 12.8. The number of ether oxygens (including phenoxy) is 3. The van der Waals surface area contributed by atoms with Gasteiger partial charge in [-0.25, -0.2) is 13.9 Å². The average Bonchev–Trinajstić information content (AvgIpc) is 3.54. The summed E-state index contributed by atoms with van der Waals surface area (Å²) in [7, 11) is -10.9. The summed E-state index contributed by atoms with van der Waals surface area (Å²) in [6.07, 6.45) is 22.7. The van der Waals surface area contributed by atoms with Gasteiger partial charge in [-0.2, -0.15) is 9.29 Å². The molecule has 0 amide bonds. The number of carbonyl (C=O) groups is 2. The van der Waals surface area contributed by atoms with Crippen molar-refractivity contribution in [3.05, 3.63) is 59.2 Å². The topological polar surface area (TPSA) is 286 Å². The van der Waals surface area contributed by atoms with Gasteiger partial charge in [-0.05, 0) is 44.1 Å². The number of nitrogens with two attached hydrogens (primary N) is 1. The maximum absolute atomic E-state index is 12.8. The van der Waals surface area contributed by atoms with Crippen LogP contribution in [0.15, 0.2) is 53.5 Å². The van der Waals surface area contributed by atoms with Gasteiger partial charge in [0.1, 0.15) is 30.7 Å². The highest BCUT2D eigenvalue weighted by atomic mass is 31.3. The summed E-state index contributed by atoms with van der Waals surface area (Å²) in [5.74, 6) is -0.638. The first-order chi connectivity index (χ1) is 31.9. The molecule has 67 heavy (non-hydrogen) atoms. The maximum Gasteiger partial charge on any atom is 0.481 e. The number of rotatable bonds is 38. The number of aliphatic hydroxyl groups excluding tert-OH is 3. The molecule has 8 atom stereocenters. The Morgan fingerprint density at radius 2 is 1.39 bits per heavy atom. The van der Waals surface area contributed by atoms with Gasteiger partial charge in [0, 0.05) is 19.0 Å². The van der Waals surface area contributed by atoms with Crippen LogP contribution in [0.2, 0.25) is 0 Å². The number of aromatic nitrogens is 2. The number of allylic oxidation sites excluding steroid dienone is 5. The van der Waals surface area contributed by atoms with Crippen LogP contribution in [0.1, 0.15) is 162 Å². The molecule has 7 N–H and O–H groups in total. The van der Waals surface area contributed by atoms with Crippen molar-refractivity contribution in [1.82, 2.24) is 9.55 Å². The molecule has 1 aromatic rings. The molecule has 2 heterocycles. The molecule has 384 valence electrons. The van der Waals surface area contributed by atoms with E-state index in [9.17, 15) is 48.6 Å². The lowest BCUT2D eigenvalue weighted by Crippen LogP contribution is -2.36. The second-order valence-corrected chi connectivity index (χ2v) is 20.3. The van der Waals surface area contributed by atoms with Crippen LogP contribution in [-0.4, -0.2) is 96.9 Å². The predicted molar refractivity (Wildman–Crippen MR) is 253 cm³/mol. The van der Waals surface area contributed by atoms with Crippen molar-refractivity contribution in [2.45, 2.75) is 192 Å². The summed E-state index contributed by atoms with van der Waals surface area (Å²) in [5.41, 5.74) is 4.57. The lowest BCUT2D eigenvalue weighted by atomic mass is 10.0. The molecular weight excluding hydrogens is 912 g/mol. The number of hydrogen-bond donors (Lipinski definition) is 6. The average molecular weight is 992 g/mol. The van der Waals surface area contributed by atoms with E-state index in [1.807, 2.05) is 18.2 Å². The van der Waals surface area contributed by atoms with Gasteiger partial charge in [-0.3, -0.25) is 23.2 Å². The van der Waals surface area contributed by atoms with Crippen LogP contribution in [0.25, 0.3) is 0 Å². The molecule has 1 fully saturated rings.